The molecule has 0 aliphatic heterocycles. The van der Waals surface area contributed by atoms with Gasteiger partial charge < -0.3 is 9.80 Å². The van der Waals surface area contributed by atoms with Gasteiger partial charge >= 0.3 is 0 Å². The summed E-state index contributed by atoms with van der Waals surface area (Å²) in [6, 6.07) is 101. The van der Waals surface area contributed by atoms with Crippen molar-refractivity contribution in [3.8, 4) is 44.5 Å². The third-order valence-corrected chi connectivity index (χ3v) is 13.2. The molecule has 0 spiro atoms. The summed E-state index contributed by atoms with van der Waals surface area (Å²) < 4.78 is 0. The van der Waals surface area contributed by atoms with Crippen LogP contribution in [0.3, 0.4) is 0 Å². The first kappa shape index (κ1) is 40.5. The average Bonchev–Trinajstić information content (AvgIpc) is 3.42. The highest BCUT2D eigenvalue weighted by Gasteiger charge is 2.19. The summed E-state index contributed by atoms with van der Waals surface area (Å²) in [4.78, 5) is 4.78. The van der Waals surface area contributed by atoms with Crippen LogP contribution in [0.15, 0.2) is 279 Å². The zero-order chi connectivity index (χ0) is 45.2. The maximum atomic E-state index is 2.39. The second-order valence-corrected chi connectivity index (χ2v) is 17.4. The van der Waals surface area contributed by atoms with Crippen LogP contribution in [-0.2, 0) is 0 Å². The van der Waals surface area contributed by atoms with Crippen molar-refractivity contribution in [1.82, 2.24) is 0 Å². The predicted octanol–water partition coefficient (Wildman–Crippen LogP) is 18.8. The molecule has 0 unspecified atom stereocenters. The van der Waals surface area contributed by atoms with Gasteiger partial charge in [-0.2, -0.15) is 0 Å². The lowest BCUT2D eigenvalue weighted by molar-refractivity contribution is 1.28. The smallest absolute Gasteiger partial charge is 0.0540 e. The van der Waals surface area contributed by atoms with Gasteiger partial charge in [-0.25, -0.2) is 0 Å². The van der Waals surface area contributed by atoms with E-state index < -0.39 is 0 Å². The average molecular weight is 867 g/mol. The SMILES string of the molecule is c1ccc(-c2cc(-c3ccccc3)cc(N(c3ccc(-c4ccc(N(c5ccc6ccccc6c5)c5cccc6ccccc56)cc4)cc3)c3ccc(-c4cccc5ccccc45)cc3)c2)cc1. The summed E-state index contributed by atoms with van der Waals surface area (Å²) in [5, 5.41) is 7.35. The minimum absolute atomic E-state index is 1.07. The van der Waals surface area contributed by atoms with Gasteiger partial charge in [0.1, 0.15) is 0 Å². The molecule has 0 aliphatic rings. The van der Waals surface area contributed by atoms with E-state index in [1.54, 1.807) is 0 Å². The largest absolute Gasteiger partial charge is 0.310 e. The van der Waals surface area contributed by atoms with Crippen molar-refractivity contribution in [2.75, 3.05) is 9.80 Å². The Balaban J connectivity index is 0.943. The molecular weight excluding hydrogens is 821 g/mol. The molecule has 320 valence electrons. The van der Waals surface area contributed by atoms with Crippen LogP contribution in [0.25, 0.3) is 76.8 Å². The van der Waals surface area contributed by atoms with Crippen molar-refractivity contribution >= 4 is 66.4 Å². The minimum atomic E-state index is 1.07. The van der Waals surface area contributed by atoms with Crippen molar-refractivity contribution in [2.45, 2.75) is 0 Å². The summed E-state index contributed by atoms with van der Waals surface area (Å²) in [5.41, 5.74) is 16.0. The molecule has 0 N–H and O–H groups in total. The lowest BCUT2D eigenvalue weighted by atomic mass is 9.96. The summed E-state index contributed by atoms with van der Waals surface area (Å²) in [6.07, 6.45) is 0. The molecule has 0 radical (unpaired) electrons. The van der Waals surface area contributed by atoms with Gasteiger partial charge in [0.15, 0.2) is 0 Å². The van der Waals surface area contributed by atoms with Crippen LogP contribution in [0, 0.1) is 0 Å². The Hall–Kier alpha value is -8.98. The van der Waals surface area contributed by atoms with Crippen molar-refractivity contribution < 1.29 is 0 Å². The molecule has 0 heterocycles. The van der Waals surface area contributed by atoms with Crippen LogP contribution in [0.2, 0.25) is 0 Å². The fourth-order valence-corrected chi connectivity index (χ4v) is 9.80. The van der Waals surface area contributed by atoms with Crippen LogP contribution >= 0.6 is 0 Å². The zero-order valence-electron chi connectivity index (χ0n) is 37.5. The van der Waals surface area contributed by atoms with Gasteiger partial charge in [-0.1, -0.05) is 206 Å². The molecule has 0 bridgehead atoms. The normalized spacial score (nSPS) is 11.2. The molecule has 2 heteroatoms. The fourth-order valence-electron chi connectivity index (χ4n) is 9.80. The second-order valence-electron chi connectivity index (χ2n) is 17.4. The molecule has 2 nitrogen and oxygen atoms in total. The van der Waals surface area contributed by atoms with Crippen LogP contribution in [0.5, 0.6) is 0 Å². The molecular formula is C66H46N2. The van der Waals surface area contributed by atoms with Crippen LogP contribution in [0.4, 0.5) is 34.1 Å². The number of nitrogens with zero attached hydrogens (tertiary/aromatic N) is 2. The Morgan fingerprint density at radius 3 is 1.22 bits per heavy atom. The highest BCUT2D eigenvalue weighted by molar-refractivity contribution is 6.01. The first-order chi connectivity index (χ1) is 33.7. The third-order valence-electron chi connectivity index (χ3n) is 13.2. The lowest BCUT2D eigenvalue weighted by Crippen LogP contribution is -2.10. The minimum Gasteiger partial charge on any atom is -0.310 e. The van der Waals surface area contributed by atoms with E-state index in [0.717, 1.165) is 56.4 Å². The zero-order valence-corrected chi connectivity index (χ0v) is 37.5. The van der Waals surface area contributed by atoms with E-state index in [-0.39, 0.29) is 0 Å². The van der Waals surface area contributed by atoms with Crippen LogP contribution in [-0.4, -0.2) is 0 Å². The van der Waals surface area contributed by atoms with Gasteiger partial charge in [0.25, 0.3) is 0 Å². The number of hydrogen-bond donors (Lipinski definition) is 0. The van der Waals surface area contributed by atoms with E-state index in [2.05, 4.69) is 289 Å². The highest BCUT2D eigenvalue weighted by Crippen LogP contribution is 2.43. The Morgan fingerprint density at radius 2 is 0.618 bits per heavy atom. The molecule has 0 atom stereocenters. The van der Waals surface area contributed by atoms with Gasteiger partial charge in [-0.15, -0.1) is 0 Å². The van der Waals surface area contributed by atoms with Gasteiger partial charge in [-0.05, 0) is 144 Å². The first-order valence-corrected chi connectivity index (χ1v) is 23.3. The van der Waals surface area contributed by atoms with Crippen molar-refractivity contribution in [3.05, 3.63) is 279 Å². The molecule has 0 aromatic heterocycles. The standard InChI is InChI=1S/C66H46N2/c1-3-15-47(16-4-1)56-43-57(48-17-5-2-6-18-48)46-62(45-56)67(59-40-34-54(35-41-59)64-27-13-23-52-20-9-11-25-63(52)64)58-36-29-50(30-37-58)51-31-38-60(39-32-51)68(61-42-33-49-19-7-8-22-55(49)44-61)66-28-14-24-53-21-10-12-26-65(53)66/h1-46H. The number of hydrogen-bond acceptors (Lipinski definition) is 2. The number of rotatable bonds is 10. The molecule has 68 heavy (non-hydrogen) atoms. The van der Waals surface area contributed by atoms with Crippen LogP contribution in [0.1, 0.15) is 0 Å². The molecule has 0 saturated heterocycles. The Labute approximate surface area is 397 Å². The van der Waals surface area contributed by atoms with Gasteiger partial charge in [0.2, 0.25) is 0 Å². The number of fused-ring (bicyclic) bond motifs is 3. The summed E-state index contributed by atoms with van der Waals surface area (Å²) in [7, 11) is 0. The maximum Gasteiger partial charge on any atom is 0.0540 e. The first-order valence-electron chi connectivity index (χ1n) is 23.3. The van der Waals surface area contributed by atoms with Gasteiger partial charge in [0.05, 0.1) is 5.69 Å². The predicted molar refractivity (Wildman–Crippen MR) is 290 cm³/mol. The van der Waals surface area contributed by atoms with Crippen LogP contribution < -0.4 is 9.80 Å². The van der Waals surface area contributed by atoms with E-state index in [1.165, 1.54) is 54.6 Å². The molecule has 0 aliphatic carbocycles. The van der Waals surface area contributed by atoms with Crippen molar-refractivity contribution in [1.29, 1.82) is 0 Å². The Morgan fingerprint density at radius 1 is 0.191 bits per heavy atom. The quantitative estimate of drug-likeness (QED) is 0.135. The Kier molecular flexibility index (Phi) is 10.6. The maximum absolute atomic E-state index is 2.39. The van der Waals surface area contributed by atoms with Gasteiger partial charge in [-0.3, -0.25) is 0 Å². The molecule has 0 amide bonds. The monoisotopic (exact) mass is 866 g/mol. The van der Waals surface area contributed by atoms with Crippen molar-refractivity contribution in [2.24, 2.45) is 0 Å². The summed E-state index contributed by atoms with van der Waals surface area (Å²) >= 11 is 0. The lowest BCUT2D eigenvalue weighted by Gasteiger charge is -2.28. The molecule has 12 aromatic rings. The van der Waals surface area contributed by atoms with Crippen molar-refractivity contribution in [3.63, 3.8) is 0 Å². The summed E-state index contributed by atoms with van der Waals surface area (Å²) in [6.45, 7) is 0. The second kappa shape index (κ2) is 17.8. The van der Waals surface area contributed by atoms with E-state index in [0.29, 0.717) is 0 Å². The molecule has 0 fully saturated rings. The summed E-state index contributed by atoms with van der Waals surface area (Å²) in [5.74, 6) is 0. The topological polar surface area (TPSA) is 6.48 Å². The fraction of sp³-hybridized carbons (Fsp3) is 0. The number of anilines is 6. The number of benzene rings is 12. The molecule has 12 rings (SSSR count). The van der Waals surface area contributed by atoms with E-state index >= 15 is 0 Å². The third kappa shape index (κ3) is 7.85. The Bertz CT molecular complexity index is 3640. The molecule has 12 aromatic carbocycles. The highest BCUT2D eigenvalue weighted by atomic mass is 15.1. The van der Waals surface area contributed by atoms with E-state index in [4.69, 9.17) is 0 Å². The molecule has 0 saturated carbocycles. The van der Waals surface area contributed by atoms with E-state index in [9.17, 15) is 0 Å². The van der Waals surface area contributed by atoms with E-state index in [1.807, 2.05) is 0 Å². The van der Waals surface area contributed by atoms with Gasteiger partial charge in [0, 0.05) is 33.8 Å².